The number of aliphatic hydroxyl groups excluding tert-OH is 2. The van der Waals surface area contributed by atoms with E-state index in [9.17, 15) is 34.7 Å². The van der Waals surface area contributed by atoms with E-state index in [2.05, 4.69) is 15.1 Å². The van der Waals surface area contributed by atoms with E-state index in [-0.39, 0.29) is 18.6 Å². The van der Waals surface area contributed by atoms with E-state index in [0.717, 1.165) is 16.8 Å². The quantitative estimate of drug-likeness (QED) is 0.0964. The topological polar surface area (TPSA) is 227 Å². The number of aliphatic hydroxyl groups is 2. The molecule has 2 heterocycles. The van der Waals surface area contributed by atoms with E-state index >= 15 is 0 Å². The van der Waals surface area contributed by atoms with Crippen molar-refractivity contribution >= 4 is 13.7 Å². The molecule has 0 radical (unpaired) electrons. The molecule has 4 rings (SSSR count). The summed E-state index contributed by atoms with van der Waals surface area (Å²) in [5.74, 6) is -0.544. The summed E-state index contributed by atoms with van der Waals surface area (Å²) < 4.78 is 37.5. The Morgan fingerprint density at radius 1 is 1.27 bits per heavy atom. The van der Waals surface area contributed by atoms with E-state index in [0.29, 0.717) is 12.8 Å². The average molecular weight is 595 g/mol. The zero-order valence-electron chi connectivity index (χ0n) is 22.3. The van der Waals surface area contributed by atoms with Crippen molar-refractivity contribution in [2.24, 2.45) is 5.11 Å². The molecule has 2 aliphatic rings. The van der Waals surface area contributed by atoms with E-state index in [1.807, 2.05) is 4.98 Å². The third-order valence-corrected chi connectivity index (χ3v) is 8.32. The number of nitrogens with one attached hydrogen (secondary N) is 2. The first-order valence-corrected chi connectivity index (χ1v) is 14.4. The monoisotopic (exact) mass is 594 g/mol. The molecule has 5 atom stereocenters. The van der Waals surface area contributed by atoms with Crippen LogP contribution in [0.5, 0.6) is 5.75 Å². The van der Waals surface area contributed by atoms with Gasteiger partial charge in [-0.25, -0.2) is 9.36 Å². The highest BCUT2D eigenvalue weighted by molar-refractivity contribution is 7.52. The van der Waals surface area contributed by atoms with Gasteiger partial charge in [0.2, 0.25) is 5.72 Å². The van der Waals surface area contributed by atoms with Crippen molar-refractivity contribution in [2.45, 2.75) is 75.3 Å². The Balaban J connectivity index is 1.67. The van der Waals surface area contributed by atoms with Crippen LogP contribution in [0.2, 0.25) is 0 Å². The highest BCUT2D eigenvalue weighted by Gasteiger charge is 2.57. The first kappa shape index (κ1) is 30.5. The lowest BCUT2D eigenvalue weighted by Gasteiger charge is -2.34. The number of benzene rings is 1. The first-order chi connectivity index (χ1) is 19.4. The molecule has 1 saturated carbocycles. The fraction of sp³-hybridized carbons (Fsp3) is 0.542. The molecule has 222 valence electrons. The van der Waals surface area contributed by atoms with Gasteiger partial charge in [-0.05, 0) is 44.4 Å². The number of esters is 1. The molecule has 4 N–H and O–H groups in total. The van der Waals surface area contributed by atoms with Gasteiger partial charge < -0.3 is 24.2 Å². The van der Waals surface area contributed by atoms with Gasteiger partial charge in [0.1, 0.15) is 23.5 Å². The molecule has 0 amide bonds. The number of ether oxygens (including phenoxy) is 2. The Kier molecular flexibility index (Phi) is 9.04. The molecule has 1 aromatic heterocycles. The van der Waals surface area contributed by atoms with Gasteiger partial charge in [-0.3, -0.25) is 23.7 Å². The molecule has 16 nitrogen and oxygen atoms in total. The van der Waals surface area contributed by atoms with Gasteiger partial charge in [0.05, 0.1) is 12.7 Å². The van der Waals surface area contributed by atoms with E-state index in [4.69, 9.17) is 18.5 Å². The number of azide groups is 1. The molecule has 1 aliphatic carbocycles. The third-order valence-electron chi connectivity index (χ3n) is 6.69. The summed E-state index contributed by atoms with van der Waals surface area (Å²) in [6.45, 7) is 2.40. The zero-order chi connectivity index (χ0) is 29.8. The van der Waals surface area contributed by atoms with Gasteiger partial charge in [-0.15, -0.1) is 0 Å². The van der Waals surface area contributed by atoms with Crippen molar-refractivity contribution in [3.63, 3.8) is 0 Å². The molecule has 1 aliphatic heterocycles. The molecule has 0 bridgehead atoms. The molecule has 2 aromatic rings. The van der Waals surface area contributed by atoms with Crippen LogP contribution in [0.15, 0.2) is 57.3 Å². The van der Waals surface area contributed by atoms with E-state index < -0.39 is 67.4 Å². The van der Waals surface area contributed by atoms with Crippen LogP contribution in [-0.4, -0.2) is 61.9 Å². The van der Waals surface area contributed by atoms with Gasteiger partial charge in [0, 0.05) is 17.2 Å². The number of H-pyrrole nitrogens is 1. The summed E-state index contributed by atoms with van der Waals surface area (Å²) in [5.41, 5.74) is 3.74. The second-order valence-electron chi connectivity index (χ2n) is 10.0. The maximum Gasteiger partial charge on any atom is 0.459 e. The number of para-hydroxylation sites is 1. The van der Waals surface area contributed by atoms with Crippen molar-refractivity contribution in [1.82, 2.24) is 14.6 Å². The summed E-state index contributed by atoms with van der Waals surface area (Å²) in [7, 11) is -4.55. The van der Waals surface area contributed by atoms with Crippen molar-refractivity contribution in [2.75, 3.05) is 6.61 Å². The van der Waals surface area contributed by atoms with Crippen LogP contribution in [0, 0.1) is 0 Å². The van der Waals surface area contributed by atoms with Crippen LogP contribution in [-0.2, 0) is 23.4 Å². The van der Waals surface area contributed by atoms with E-state index in [1.165, 1.54) is 12.1 Å². The van der Waals surface area contributed by atoms with E-state index in [1.54, 1.807) is 32.0 Å². The standard InChI is InChI=1S/C24H31N6O10P/c1-15(2)38-21(34)23(11-6-7-12-23)28-41(36,40-16-8-4-3-5-9-16)37-14-24(27-29-25)19(33)18(32)20(39-24)30-13-10-17(31)26-22(30)35/h3-5,8-10,13,15,18-20,32-33H,6-7,11-12,14H2,1-2H3,(H,28,36)(H,26,31,35)/t18-,19+,20-,24-,41?/m1/s1. The second-order valence-corrected chi connectivity index (χ2v) is 11.7. The van der Waals surface area contributed by atoms with Crippen molar-refractivity contribution in [3.8, 4) is 5.75 Å². The first-order valence-electron chi connectivity index (χ1n) is 12.8. The number of aromatic nitrogens is 2. The van der Waals surface area contributed by atoms with Gasteiger partial charge in [0.25, 0.3) is 5.56 Å². The smallest absolute Gasteiger partial charge is 0.459 e. The van der Waals surface area contributed by atoms with Crippen LogP contribution in [0.4, 0.5) is 0 Å². The second kappa shape index (κ2) is 12.2. The van der Waals surface area contributed by atoms with Gasteiger partial charge >= 0.3 is 19.4 Å². The maximum absolute atomic E-state index is 14.3. The Bertz CT molecular complexity index is 1450. The minimum Gasteiger partial charge on any atom is -0.462 e. The lowest BCUT2D eigenvalue weighted by atomic mass is 10.00. The molecule has 1 saturated heterocycles. The Labute approximate surface area is 233 Å². The number of carbonyl (C=O) groups excluding carboxylic acids is 1. The fourth-order valence-electron chi connectivity index (χ4n) is 4.74. The number of aromatic amines is 1. The third kappa shape index (κ3) is 6.54. The molecule has 2 fully saturated rings. The Hall–Kier alpha value is -3.49. The van der Waals surface area contributed by atoms with Crippen LogP contribution in [0.1, 0.15) is 45.8 Å². The molecule has 1 aromatic carbocycles. The Morgan fingerprint density at radius 3 is 2.56 bits per heavy atom. The summed E-state index contributed by atoms with van der Waals surface area (Å²) in [6, 6.07) is 8.91. The SMILES string of the molecule is CC(C)OC(=O)C1(NP(=O)(OC[C@@]2(N=[N+]=[N-])O[C@@H](n3ccc(=O)[nH]c3=O)[C@H](O)[C@@H]2O)Oc2ccccc2)CCCC1. The van der Waals surface area contributed by atoms with Gasteiger partial charge in [0.15, 0.2) is 6.23 Å². The predicted molar refractivity (Wildman–Crippen MR) is 142 cm³/mol. The lowest BCUT2D eigenvalue weighted by Crippen LogP contribution is -2.51. The predicted octanol–water partition coefficient (Wildman–Crippen LogP) is 1.85. The molecular formula is C24H31N6O10P. The van der Waals surface area contributed by atoms with Crippen molar-refractivity contribution in [1.29, 1.82) is 0 Å². The minimum atomic E-state index is -4.55. The molecule has 17 heteroatoms. The summed E-state index contributed by atoms with van der Waals surface area (Å²) in [5, 5.41) is 27.8. The van der Waals surface area contributed by atoms with Gasteiger partial charge in [-0.1, -0.05) is 36.2 Å². The zero-order valence-corrected chi connectivity index (χ0v) is 23.2. The normalized spacial score (nSPS) is 26.7. The van der Waals surface area contributed by atoms with Crippen molar-refractivity contribution in [3.05, 3.63) is 73.9 Å². The highest BCUT2D eigenvalue weighted by Crippen LogP contribution is 2.51. The number of carbonyl (C=O) groups is 1. The summed E-state index contributed by atoms with van der Waals surface area (Å²) >= 11 is 0. The van der Waals surface area contributed by atoms with Crippen LogP contribution in [0.3, 0.4) is 0 Å². The molecule has 1 unspecified atom stereocenters. The Morgan fingerprint density at radius 2 is 1.95 bits per heavy atom. The molecule has 41 heavy (non-hydrogen) atoms. The van der Waals surface area contributed by atoms with Crippen LogP contribution < -0.4 is 20.9 Å². The fourth-order valence-corrected chi connectivity index (χ4v) is 6.49. The van der Waals surface area contributed by atoms with Crippen LogP contribution >= 0.6 is 7.75 Å². The maximum atomic E-state index is 14.3. The summed E-state index contributed by atoms with van der Waals surface area (Å²) in [6.07, 6.45) is -3.13. The largest absolute Gasteiger partial charge is 0.462 e. The summed E-state index contributed by atoms with van der Waals surface area (Å²) in [4.78, 5) is 41.6. The average Bonchev–Trinajstić information content (AvgIpc) is 3.48. The highest BCUT2D eigenvalue weighted by atomic mass is 31.2. The minimum absolute atomic E-state index is 0.108. The molecular weight excluding hydrogens is 563 g/mol. The van der Waals surface area contributed by atoms with Gasteiger partial charge in [-0.2, -0.15) is 5.09 Å². The molecule has 0 spiro atoms. The van der Waals surface area contributed by atoms with Crippen molar-refractivity contribution < 1.29 is 38.1 Å². The van der Waals surface area contributed by atoms with Crippen LogP contribution in [0.25, 0.3) is 10.4 Å². The lowest BCUT2D eigenvalue weighted by molar-refractivity contribution is -0.155. The number of hydrogen-bond acceptors (Lipinski definition) is 11. The number of hydrogen-bond donors (Lipinski definition) is 4. The number of rotatable bonds is 11. The number of nitrogens with zero attached hydrogens (tertiary/aromatic N) is 4.